The zero-order valence-corrected chi connectivity index (χ0v) is 16.9. The molecule has 6 heteroatoms. The Morgan fingerprint density at radius 1 is 1.17 bits per heavy atom. The molecule has 0 bridgehead atoms. The van der Waals surface area contributed by atoms with Crippen LogP contribution in [0, 0.1) is 18.3 Å². The lowest BCUT2D eigenvalue weighted by Crippen LogP contribution is -2.19. The first-order chi connectivity index (χ1) is 14.5. The molecule has 1 unspecified atom stereocenters. The van der Waals surface area contributed by atoms with Crippen molar-refractivity contribution in [3.63, 3.8) is 0 Å². The van der Waals surface area contributed by atoms with Gasteiger partial charge in [-0.3, -0.25) is 9.36 Å². The van der Waals surface area contributed by atoms with Gasteiger partial charge in [-0.25, -0.2) is 4.99 Å². The van der Waals surface area contributed by atoms with Crippen LogP contribution in [-0.4, -0.2) is 21.3 Å². The van der Waals surface area contributed by atoms with Crippen molar-refractivity contribution in [2.75, 3.05) is 0 Å². The van der Waals surface area contributed by atoms with Gasteiger partial charge >= 0.3 is 0 Å². The van der Waals surface area contributed by atoms with Gasteiger partial charge in [-0.2, -0.15) is 5.26 Å². The predicted octanol–water partition coefficient (Wildman–Crippen LogP) is 4.29. The summed E-state index contributed by atoms with van der Waals surface area (Å²) in [6.45, 7) is 4.01. The highest BCUT2D eigenvalue weighted by molar-refractivity contribution is 6.30. The highest BCUT2D eigenvalue weighted by Gasteiger charge is 2.37. The first kappa shape index (κ1) is 19.6. The lowest BCUT2D eigenvalue weighted by molar-refractivity contribution is 0.101. The van der Waals surface area contributed by atoms with Crippen LogP contribution < -0.4 is 5.73 Å². The number of rotatable bonds is 5. The SMILES string of the molecule is CCCC(N)n1c(O)c2c(c1-c1ccc(C)cc1)C(=O)N=C2c1cccc(C#N)c1. The Kier molecular flexibility index (Phi) is 4.98. The first-order valence-corrected chi connectivity index (χ1v) is 9.90. The molecule has 0 saturated heterocycles. The smallest absolute Gasteiger partial charge is 0.280 e. The van der Waals surface area contributed by atoms with E-state index in [1.165, 1.54) is 0 Å². The van der Waals surface area contributed by atoms with E-state index in [4.69, 9.17) is 5.73 Å². The molecule has 0 aliphatic carbocycles. The zero-order valence-electron chi connectivity index (χ0n) is 16.9. The van der Waals surface area contributed by atoms with E-state index >= 15 is 0 Å². The van der Waals surface area contributed by atoms with Crippen molar-refractivity contribution < 1.29 is 9.90 Å². The van der Waals surface area contributed by atoms with Gasteiger partial charge in [0.25, 0.3) is 5.91 Å². The van der Waals surface area contributed by atoms with Crippen LogP contribution in [0.15, 0.2) is 53.5 Å². The van der Waals surface area contributed by atoms with Crippen molar-refractivity contribution in [1.29, 1.82) is 5.26 Å². The number of aliphatic imine (C=N–C) groups is 1. The third-order valence-corrected chi connectivity index (χ3v) is 5.35. The van der Waals surface area contributed by atoms with E-state index < -0.39 is 12.1 Å². The summed E-state index contributed by atoms with van der Waals surface area (Å²) >= 11 is 0. The summed E-state index contributed by atoms with van der Waals surface area (Å²) in [6.07, 6.45) is 0.983. The van der Waals surface area contributed by atoms with E-state index in [0.29, 0.717) is 40.1 Å². The molecule has 4 rings (SSSR count). The average Bonchev–Trinajstić information content (AvgIpc) is 3.24. The van der Waals surface area contributed by atoms with Crippen molar-refractivity contribution in [2.24, 2.45) is 10.7 Å². The number of aromatic nitrogens is 1. The second-order valence-electron chi connectivity index (χ2n) is 7.47. The summed E-state index contributed by atoms with van der Waals surface area (Å²) in [5.74, 6) is -0.496. The second kappa shape index (κ2) is 7.62. The van der Waals surface area contributed by atoms with Gasteiger partial charge < -0.3 is 10.8 Å². The molecule has 1 atom stereocenters. The first-order valence-electron chi connectivity index (χ1n) is 9.90. The molecule has 2 heterocycles. The van der Waals surface area contributed by atoms with E-state index in [2.05, 4.69) is 11.1 Å². The summed E-state index contributed by atoms with van der Waals surface area (Å²) < 4.78 is 1.64. The van der Waals surface area contributed by atoms with Crippen LogP contribution in [0.5, 0.6) is 5.88 Å². The highest BCUT2D eigenvalue weighted by Crippen LogP contribution is 2.42. The second-order valence-corrected chi connectivity index (χ2v) is 7.47. The summed E-state index contributed by atoms with van der Waals surface area (Å²) in [5.41, 5.74) is 11.0. The molecule has 30 heavy (non-hydrogen) atoms. The molecule has 3 N–H and O–H groups in total. The van der Waals surface area contributed by atoms with Gasteiger partial charge in [-0.15, -0.1) is 0 Å². The predicted molar refractivity (Wildman–Crippen MR) is 116 cm³/mol. The molecule has 1 aromatic heterocycles. The number of nitriles is 1. The van der Waals surface area contributed by atoms with Crippen LogP contribution in [0.2, 0.25) is 0 Å². The Morgan fingerprint density at radius 3 is 2.57 bits per heavy atom. The monoisotopic (exact) mass is 398 g/mol. The third kappa shape index (κ3) is 3.10. The maximum absolute atomic E-state index is 13.0. The molecule has 1 aliphatic heterocycles. The minimum atomic E-state index is -0.489. The maximum Gasteiger partial charge on any atom is 0.280 e. The number of aromatic hydroxyl groups is 1. The maximum atomic E-state index is 13.0. The number of carbonyl (C=O) groups is 1. The van der Waals surface area contributed by atoms with Gasteiger partial charge in [0, 0.05) is 5.56 Å². The number of fused-ring (bicyclic) bond motifs is 1. The fourth-order valence-electron chi connectivity index (χ4n) is 3.91. The fourth-order valence-corrected chi connectivity index (χ4v) is 3.91. The lowest BCUT2D eigenvalue weighted by atomic mass is 9.99. The fraction of sp³-hybridized carbons (Fsp3) is 0.208. The quantitative estimate of drug-likeness (QED) is 0.669. The number of nitrogens with two attached hydrogens (primary N) is 1. The van der Waals surface area contributed by atoms with Gasteiger partial charge in [0.1, 0.15) is 0 Å². The lowest BCUT2D eigenvalue weighted by Gasteiger charge is -2.19. The largest absolute Gasteiger partial charge is 0.494 e. The van der Waals surface area contributed by atoms with Crippen LogP contribution in [0.1, 0.15) is 58.5 Å². The van der Waals surface area contributed by atoms with Crippen molar-refractivity contribution in [1.82, 2.24) is 4.57 Å². The molecule has 1 aliphatic rings. The van der Waals surface area contributed by atoms with Crippen molar-refractivity contribution in [3.05, 3.63) is 76.3 Å². The standard InChI is InChI=1S/C24H22N4O2/c1-3-5-18(26)28-22(16-10-8-14(2)9-11-16)20-19(24(28)30)21(27-23(20)29)17-7-4-6-15(12-17)13-25/h4,6-12,18,30H,3,5,26H2,1-2H3. The van der Waals surface area contributed by atoms with Crippen molar-refractivity contribution in [3.8, 4) is 23.2 Å². The highest BCUT2D eigenvalue weighted by atomic mass is 16.3. The molecule has 0 saturated carbocycles. The molecular formula is C24H22N4O2. The molecule has 150 valence electrons. The van der Waals surface area contributed by atoms with E-state index in [-0.39, 0.29) is 5.88 Å². The van der Waals surface area contributed by atoms with Gasteiger partial charge in [0.2, 0.25) is 5.88 Å². The Balaban J connectivity index is 1.98. The molecule has 2 aromatic carbocycles. The third-order valence-electron chi connectivity index (χ3n) is 5.35. The molecule has 6 nitrogen and oxygen atoms in total. The summed E-state index contributed by atoms with van der Waals surface area (Å²) in [5, 5.41) is 20.4. The van der Waals surface area contributed by atoms with E-state index in [1.54, 1.807) is 28.8 Å². The molecule has 0 spiro atoms. The van der Waals surface area contributed by atoms with Gasteiger partial charge in [-0.1, -0.05) is 55.3 Å². The Bertz CT molecular complexity index is 1210. The average molecular weight is 398 g/mol. The number of hydrogen-bond acceptors (Lipinski definition) is 4. The van der Waals surface area contributed by atoms with Gasteiger partial charge in [0.15, 0.2) is 0 Å². The van der Waals surface area contributed by atoms with Crippen LogP contribution in [0.4, 0.5) is 0 Å². The summed E-state index contributed by atoms with van der Waals surface area (Å²) in [6, 6.07) is 16.7. The molecule has 0 radical (unpaired) electrons. The Hall–Kier alpha value is -3.69. The van der Waals surface area contributed by atoms with Gasteiger partial charge in [0.05, 0.1) is 40.3 Å². The summed E-state index contributed by atoms with van der Waals surface area (Å²) in [4.78, 5) is 17.2. The molecule has 1 amide bonds. The van der Waals surface area contributed by atoms with E-state index in [0.717, 1.165) is 17.5 Å². The van der Waals surface area contributed by atoms with E-state index in [1.807, 2.05) is 38.1 Å². The Morgan fingerprint density at radius 2 is 1.90 bits per heavy atom. The van der Waals surface area contributed by atoms with Crippen molar-refractivity contribution in [2.45, 2.75) is 32.9 Å². The molecular weight excluding hydrogens is 376 g/mol. The number of amides is 1. The number of aryl methyl sites for hydroxylation is 1. The Labute approximate surface area is 174 Å². The van der Waals surface area contributed by atoms with Crippen LogP contribution in [0.25, 0.3) is 11.3 Å². The van der Waals surface area contributed by atoms with E-state index in [9.17, 15) is 15.2 Å². The number of hydrogen-bond donors (Lipinski definition) is 2. The normalized spacial score (nSPS) is 13.7. The van der Waals surface area contributed by atoms with Gasteiger partial charge in [-0.05, 0) is 31.0 Å². The van der Waals surface area contributed by atoms with Crippen LogP contribution >= 0.6 is 0 Å². The molecule has 3 aromatic rings. The van der Waals surface area contributed by atoms with Crippen LogP contribution in [0.3, 0.4) is 0 Å². The number of benzene rings is 2. The zero-order chi connectivity index (χ0) is 21.4. The topological polar surface area (TPSA) is 104 Å². The minimum Gasteiger partial charge on any atom is -0.494 e. The van der Waals surface area contributed by atoms with Crippen LogP contribution in [-0.2, 0) is 0 Å². The molecule has 0 fully saturated rings. The number of carbonyl (C=O) groups excluding carboxylic acids is 1. The summed E-state index contributed by atoms with van der Waals surface area (Å²) in [7, 11) is 0. The number of nitrogens with zero attached hydrogens (tertiary/aromatic N) is 3. The van der Waals surface area contributed by atoms with Crippen molar-refractivity contribution >= 4 is 11.6 Å². The minimum absolute atomic E-state index is 0.0755.